The van der Waals surface area contributed by atoms with E-state index in [1.165, 1.54) is 0 Å². The van der Waals surface area contributed by atoms with Crippen LogP contribution in [0.15, 0.2) is 42.6 Å². The lowest BCUT2D eigenvalue weighted by Gasteiger charge is -2.13. The van der Waals surface area contributed by atoms with Gasteiger partial charge in [0.15, 0.2) is 6.61 Å². The number of ether oxygens (including phenoxy) is 2. The minimum Gasteiger partial charge on any atom is -0.478 e. The maximum atomic E-state index is 8.61. The number of para-hydroxylation sites is 1. The first kappa shape index (κ1) is 14.7. The zero-order valence-corrected chi connectivity index (χ0v) is 11.9. The maximum Gasteiger partial charge on any atom is 0.237 e. The van der Waals surface area contributed by atoms with E-state index in [4.69, 9.17) is 14.7 Å². The van der Waals surface area contributed by atoms with Gasteiger partial charge in [0.25, 0.3) is 0 Å². The van der Waals surface area contributed by atoms with Gasteiger partial charge >= 0.3 is 0 Å². The van der Waals surface area contributed by atoms with Crippen LogP contribution < -0.4 is 14.8 Å². The van der Waals surface area contributed by atoms with Crippen LogP contribution in [-0.4, -0.2) is 18.2 Å². The van der Waals surface area contributed by atoms with Crippen LogP contribution in [0.25, 0.3) is 0 Å². The third-order valence-electron chi connectivity index (χ3n) is 2.79. The second kappa shape index (κ2) is 7.75. The molecule has 2 aromatic rings. The van der Waals surface area contributed by atoms with Crippen LogP contribution in [0.2, 0.25) is 0 Å². The van der Waals surface area contributed by atoms with E-state index in [1.54, 1.807) is 6.20 Å². The van der Waals surface area contributed by atoms with Gasteiger partial charge in [-0.15, -0.1) is 0 Å². The molecule has 0 aliphatic carbocycles. The van der Waals surface area contributed by atoms with Crippen molar-refractivity contribution in [2.24, 2.45) is 0 Å². The van der Waals surface area contributed by atoms with Gasteiger partial charge in [0, 0.05) is 18.3 Å². The van der Waals surface area contributed by atoms with E-state index in [1.807, 2.05) is 49.4 Å². The molecule has 0 saturated carbocycles. The summed E-state index contributed by atoms with van der Waals surface area (Å²) in [6, 6.07) is 13.4. The van der Waals surface area contributed by atoms with Crippen molar-refractivity contribution in [1.29, 1.82) is 5.26 Å². The molecule has 108 valence electrons. The molecule has 5 heteroatoms. The number of hydrogen-bond donors (Lipinski definition) is 1. The zero-order chi connectivity index (χ0) is 14.9. The number of pyridine rings is 1. The van der Waals surface area contributed by atoms with Crippen molar-refractivity contribution in [2.75, 3.05) is 18.5 Å². The summed E-state index contributed by atoms with van der Waals surface area (Å²) < 4.78 is 10.9. The molecule has 2 rings (SSSR count). The van der Waals surface area contributed by atoms with Crippen molar-refractivity contribution < 1.29 is 9.47 Å². The van der Waals surface area contributed by atoms with E-state index in [0.29, 0.717) is 24.8 Å². The Morgan fingerprint density at radius 2 is 2.05 bits per heavy atom. The first-order valence-electron chi connectivity index (χ1n) is 6.74. The molecule has 0 radical (unpaired) electrons. The molecule has 0 bridgehead atoms. The highest BCUT2D eigenvalue weighted by Gasteiger charge is 2.06. The third-order valence-corrected chi connectivity index (χ3v) is 2.79. The average Bonchev–Trinajstić information content (AvgIpc) is 2.53. The van der Waals surface area contributed by atoms with Crippen LogP contribution in [0, 0.1) is 11.3 Å². The fourth-order valence-corrected chi connectivity index (χ4v) is 1.87. The number of nitriles is 1. The topological polar surface area (TPSA) is 67.2 Å². The molecule has 5 nitrogen and oxygen atoms in total. The lowest BCUT2D eigenvalue weighted by Crippen LogP contribution is -2.06. The van der Waals surface area contributed by atoms with E-state index in [2.05, 4.69) is 10.3 Å². The zero-order valence-electron chi connectivity index (χ0n) is 11.9. The van der Waals surface area contributed by atoms with Crippen molar-refractivity contribution in [1.82, 2.24) is 4.98 Å². The predicted octanol–water partition coefficient (Wildman–Crippen LogP) is 2.99. The van der Waals surface area contributed by atoms with Gasteiger partial charge in [-0.05, 0) is 25.1 Å². The van der Waals surface area contributed by atoms with Crippen LogP contribution in [0.5, 0.6) is 11.6 Å². The molecule has 0 saturated heterocycles. The highest BCUT2D eigenvalue weighted by atomic mass is 16.5. The van der Waals surface area contributed by atoms with Crippen LogP contribution in [0.4, 0.5) is 5.69 Å². The van der Waals surface area contributed by atoms with Crippen LogP contribution in [0.3, 0.4) is 0 Å². The summed E-state index contributed by atoms with van der Waals surface area (Å²) in [4.78, 5) is 4.19. The average molecular weight is 283 g/mol. The molecule has 0 aliphatic heterocycles. The maximum absolute atomic E-state index is 8.61. The molecular formula is C16H17N3O2. The standard InChI is InChI=1S/C16H17N3O2/c1-2-20-16-14(7-5-10-18-16)19-12-13-6-3-4-8-15(13)21-11-9-17/h3-8,10,19H,2,11-12H2,1H3. The highest BCUT2D eigenvalue weighted by molar-refractivity contribution is 5.53. The molecule has 0 unspecified atom stereocenters. The number of hydrogen-bond acceptors (Lipinski definition) is 5. The third kappa shape index (κ3) is 4.11. The van der Waals surface area contributed by atoms with Gasteiger partial charge in [-0.2, -0.15) is 5.26 Å². The largest absolute Gasteiger partial charge is 0.478 e. The minimum atomic E-state index is 0.0358. The summed E-state index contributed by atoms with van der Waals surface area (Å²) in [6.07, 6.45) is 1.69. The van der Waals surface area contributed by atoms with Crippen molar-refractivity contribution in [3.05, 3.63) is 48.2 Å². The molecule has 0 fully saturated rings. The van der Waals surface area contributed by atoms with E-state index >= 15 is 0 Å². The molecule has 1 N–H and O–H groups in total. The lowest BCUT2D eigenvalue weighted by molar-refractivity contribution is 0.328. The van der Waals surface area contributed by atoms with Gasteiger partial charge in [-0.25, -0.2) is 4.98 Å². The van der Waals surface area contributed by atoms with Crippen molar-refractivity contribution >= 4 is 5.69 Å². The van der Waals surface area contributed by atoms with Gasteiger partial charge < -0.3 is 14.8 Å². The van der Waals surface area contributed by atoms with Crippen molar-refractivity contribution in [3.8, 4) is 17.7 Å². The molecule has 1 aromatic heterocycles. The number of anilines is 1. The highest BCUT2D eigenvalue weighted by Crippen LogP contribution is 2.24. The van der Waals surface area contributed by atoms with E-state index in [9.17, 15) is 0 Å². The molecular weight excluding hydrogens is 266 g/mol. The van der Waals surface area contributed by atoms with Gasteiger partial charge in [-0.1, -0.05) is 18.2 Å². The van der Waals surface area contributed by atoms with E-state index < -0.39 is 0 Å². The number of aromatic nitrogens is 1. The summed E-state index contributed by atoms with van der Waals surface area (Å²) in [6.45, 7) is 3.08. The SMILES string of the molecule is CCOc1ncccc1NCc1ccccc1OCC#N. The second-order valence-electron chi connectivity index (χ2n) is 4.20. The van der Waals surface area contributed by atoms with Gasteiger partial charge in [0.1, 0.15) is 11.8 Å². The summed E-state index contributed by atoms with van der Waals surface area (Å²) in [5.41, 5.74) is 1.80. The summed E-state index contributed by atoms with van der Waals surface area (Å²) >= 11 is 0. The Labute approximate surface area is 124 Å². The first-order chi connectivity index (χ1) is 10.3. The summed E-state index contributed by atoms with van der Waals surface area (Å²) in [5, 5.41) is 11.9. The number of benzene rings is 1. The fourth-order valence-electron chi connectivity index (χ4n) is 1.87. The summed E-state index contributed by atoms with van der Waals surface area (Å²) in [5.74, 6) is 1.28. The first-order valence-corrected chi connectivity index (χ1v) is 6.74. The van der Waals surface area contributed by atoms with E-state index in [0.717, 1.165) is 11.3 Å². The monoisotopic (exact) mass is 283 g/mol. The molecule has 1 aromatic carbocycles. The van der Waals surface area contributed by atoms with Crippen LogP contribution >= 0.6 is 0 Å². The predicted molar refractivity (Wildman–Crippen MR) is 80.3 cm³/mol. The fraction of sp³-hybridized carbons (Fsp3) is 0.250. The van der Waals surface area contributed by atoms with Gasteiger partial charge in [0.05, 0.1) is 12.3 Å². The number of nitrogens with one attached hydrogen (secondary N) is 1. The Kier molecular flexibility index (Phi) is 5.41. The normalized spacial score (nSPS) is 9.71. The quantitative estimate of drug-likeness (QED) is 0.846. The number of rotatable bonds is 7. The molecule has 0 amide bonds. The number of nitrogens with zero attached hydrogens (tertiary/aromatic N) is 2. The molecule has 1 heterocycles. The molecule has 21 heavy (non-hydrogen) atoms. The summed E-state index contributed by atoms with van der Waals surface area (Å²) in [7, 11) is 0. The Morgan fingerprint density at radius 1 is 1.19 bits per heavy atom. The van der Waals surface area contributed by atoms with E-state index in [-0.39, 0.29) is 6.61 Å². The molecule has 0 aliphatic rings. The Balaban J connectivity index is 2.08. The van der Waals surface area contributed by atoms with Crippen LogP contribution in [0.1, 0.15) is 12.5 Å². The van der Waals surface area contributed by atoms with Crippen molar-refractivity contribution in [2.45, 2.75) is 13.5 Å². The van der Waals surface area contributed by atoms with Crippen LogP contribution in [-0.2, 0) is 6.54 Å². The Bertz CT molecular complexity index is 623. The van der Waals surface area contributed by atoms with Gasteiger partial charge in [0.2, 0.25) is 5.88 Å². The smallest absolute Gasteiger partial charge is 0.237 e. The molecule has 0 spiro atoms. The van der Waals surface area contributed by atoms with Crippen molar-refractivity contribution in [3.63, 3.8) is 0 Å². The Morgan fingerprint density at radius 3 is 2.86 bits per heavy atom. The second-order valence-corrected chi connectivity index (χ2v) is 4.20. The Hall–Kier alpha value is -2.74. The molecule has 0 atom stereocenters. The minimum absolute atomic E-state index is 0.0358. The lowest BCUT2D eigenvalue weighted by atomic mass is 10.2. The van der Waals surface area contributed by atoms with Gasteiger partial charge in [-0.3, -0.25) is 0 Å².